The molecule has 190 valence electrons. The van der Waals surface area contributed by atoms with E-state index in [4.69, 9.17) is 25.5 Å². The number of likely N-dealkylation sites (N-methyl/N-ethyl adjacent to an activating group) is 1. The molecule has 4 heterocycles. The van der Waals surface area contributed by atoms with Gasteiger partial charge in [0.25, 0.3) is 18.9 Å². The molecule has 13 nitrogen and oxygen atoms in total. The normalized spacial score (nSPS) is 21.2. The number of aromatic nitrogens is 3. The Hall–Kier alpha value is -4.00. The van der Waals surface area contributed by atoms with Gasteiger partial charge in [0.1, 0.15) is 5.82 Å². The summed E-state index contributed by atoms with van der Waals surface area (Å²) in [5.41, 5.74) is 6.64. The highest BCUT2D eigenvalue weighted by atomic mass is 16.3. The summed E-state index contributed by atoms with van der Waals surface area (Å²) >= 11 is 0. The zero-order chi connectivity index (χ0) is 25.8. The van der Waals surface area contributed by atoms with E-state index < -0.39 is 5.41 Å². The van der Waals surface area contributed by atoms with Gasteiger partial charge in [-0.2, -0.15) is 5.10 Å². The van der Waals surface area contributed by atoms with Crippen LogP contribution < -0.4 is 11.1 Å². The number of hydrogen-bond donors (Lipinski definition) is 5. The lowest BCUT2D eigenvalue weighted by Gasteiger charge is -2.53. The first kappa shape index (κ1) is 27.2. The van der Waals surface area contributed by atoms with Gasteiger partial charge in [-0.15, -0.1) is 0 Å². The molecule has 0 saturated carbocycles. The van der Waals surface area contributed by atoms with E-state index in [1.807, 2.05) is 18.0 Å². The van der Waals surface area contributed by atoms with E-state index in [0.29, 0.717) is 31.0 Å². The Balaban J connectivity index is 0.000000655. The maximum absolute atomic E-state index is 13.5. The van der Waals surface area contributed by atoms with E-state index >= 15 is 0 Å². The summed E-state index contributed by atoms with van der Waals surface area (Å²) < 4.78 is 0. The molecule has 0 unspecified atom stereocenters. The minimum atomic E-state index is -0.596. The number of nitrogens with zero attached hydrogens (tertiary/aromatic N) is 4. The molecule has 35 heavy (non-hydrogen) atoms. The highest BCUT2D eigenvalue weighted by Gasteiger charge is 2.53. The van der Waals surface area contributed by atoms with Crippen LogP contribution in [-0.4, -0.2) is 92.7 Å². The first-order valence-corrected chi connectivity index (χ1v) is 11.0. The van der Waals surface area contributed by atoms with E-state index in [0.717, 1.165) is 31.4 Å². The second-order valence-electron chi connectivity index (χ2n) is 8.21. The highest BCUT2D eigenvalue weighted by Crippen LogP contribution is 2.43. The minimum Gasteiger partial charge on any atom is -0.483 e. The SMILES string of the molecule is CN1CC[C@]2(C(=O)NCc3cccnc3N)CCCN(C(=O)c3cn[nH]c3)[C@H]2C1.O=CO.O=CO. The van der Waals surface area contributed by atoms with Gasteiger partial charge in [-0.05, 0) is 38.9 Å². The van der Waals surface area contributed by atoms with Gasteiger partial charge in [0.2, 0.25) is 5.91 Å². The Morgan fingerprint density at radius 1 is 1.29 bits per heavy atom. The van der Waals surface area contributed by atoms with Gasteiger partial charge in [0.05, 0.1) is 23.2 Å². The third-order valence-electron chi connectivity index (χ3n) is 6.28. The van der Waals surface area contributed by atoms with E-state index in [9.17, 15) is 9.59 Å². The van der Waals surface area contributed by atoms with Crippen LogP contribution in [-0.2, 0) is 20.9 Å². The molecule has 2 aromatic rings. The topological polar surface area (TPSA) is 195 Å². The standard InChI is InChI=1S/C20H27N7O2.2CH2O2/c1-26-9-6-20(19(29)23-10-14-4-2-7-22-17(14)21)5-3-8-27(16(20)13-26)18(28)15-11-24-25-12-15;2*2-1-3/h2,4,7,11-12,16H,3,5-6,8-10,13H2,1H3,(H2,21,22)(H,23,29)(H,24,25);2*1H,(H,2,3)/t16-,20+;;/m0../s1. The molecule has 0 spiro atoms. The van der Waals surface area contributed by atoms with Crippen LogP contribution in [0.2, 0.25) is 0 Å². The number of carbonyl (C=O) groups excluding carboxylic acids is 2. The number of anilines is 1. The molecular formula is C22H31N7O6. The number of piperidine rings is 2. The van der Waals surface area contributed by atoms with Crippen LogP contribution in [0.1, 0.15) is 35.2 Å². The molecule has 2 saturated heterocycles. The van der Waals surface area contributed by atoms with E-state index in [2.05, 4.69) is 25.4 Å². The molecule has 4 rings (SSSR count). The second kappa shape index (κ2) is 13.0. The quantitative estimate of drug-likeness (QED) is 0.366. The van der Waals surface area contributed by atoms with Crippen molar-refractivity contribution in [2.24, 2.45) is 5.41 Å². The maximum atomic E-state index is 13.5. The number of H-pyrrole nitrogens is 1. The number of carbonyl (C=O) groups is 4. The predicted octanol–water partition coefficient (Wildman–Crippen LogP) is 0.0314. The Bertz CT molecular complexity index is 980. The third kappa shape index (κ3) is 6.53. The van der Waals surface area contributed by atoms with E-state index in [-0.39, 0.29) is 30.8 Å². The summed E-state index contributed by atoms with van der Waals surface area (Å²) in [4.78, 5) is 51.4. The van der Waals surface area contributed by atoms with Gasteiger partial charge in [0, 0.05) is 37.6 Å². The Morgan fingerprint density at radius 2 is 2.00 bits per heavy atom. The number of aromatic amines is 1. The van der Waals surface area contributed by atoms with E-state index in [1.165, 1.54) is 6.20 Å². The number of hydrogen-bond acceptors (Lipinski definition) is 8. The number of rotatable bonds is 4. The monoisotopic (exact) mass is 489 g/mol. The van der Waals surface area contributed by atoms with Crippen LogP contribution in [0.15, 0.2) is 30.7 Å². The van der Waals surface area contributed by atoms with Crippen molar-refractivity contribution in [1.29, 1.82) is 0 Å². The molecule has 2 fully saturated rings. The number of nitrogens with one attached hydrogen (secondary N) is 2. The first-order valence-electron chi connectivity index (χ1n) is 11.0. The summed E-state index contributed by atoms with van der Waals surface area (Å²) in [6.07, 6.45) is 7.07. The smallest absolute Gasteiger partial charge is 0.290 e. The predicted molar refractivity (Wildman–Crippen MR) is 125 cm³/mol. The molecular weight excluding hydrogens is 458 g/mol. The van der Waals surface area contributed by atoms with Crippen LogP contribution in [0.4, 0.5) is 5.82 Å². The summed E-state index contributed by atoms with van der Waals surface area (Å²) in [6.45, 7) is 1.98. The van der Waals surface area contributed by atoms with Crippen molar-refractivity contribution < 1.29 is 29.4 Å². The van der Waals surface area contributed by atoms with Crippen molar-refractivity contribution in [2.45, 2.75) is 31.8 Å². The molecule has 13 heteroatoms. The van der Waals surface area contributed by atoms with Crippen molar-refractivity contribution in [3.63, 3.8) is 0 Å². The van der Waals surface area contributed by atoms with Crippen LogP contribution in [0.5, 0.6) is 0 Å². The van der Waals surface area contributed by atoms with Gasteiger partial charge < -0.3 is 31.1 Å². The lowest BCUT2D eigenvalue weighted by Crippen LogP contribution is -2.66. The van der Waals surface area contributed by atoms with Crippen molar-refractivity contribution in [1.82, 2.24) is 30.3 Å². The maximum Gasteiger partial charge on any atom is 0.290 e. The number of amides is 2. The number of carboxylic acid groups (broad SMARTS) is 2. The molecule has 0 aliphatic carbocycles. The number of nitrogen functional groups attached to an aromatic ring is 1. The molecule has 0 aromatic carbocycles. The Labute approximate surface area is 202 Å². The molecule has 2 aliphatic rings. The van der Waals surface area contributed by atoms with Gasteiger partial charge in [-0.25, -0.2) is 4.98 Å². The van der Waals surface area contributed by atoms with Gasteiger partial charge in [0.15, 0.2) is 0 Å². The zero-order valence-corrected chi connectivity index (χ0v) is 19.5. The third-order valence-corrected chi connectivity index (χ3v) is 6.28. The van der Waals surface area contributed by atoms with Crippen LogP contribution in [0.25, 0.3) is 0 Å². The lowest BCUT2D eigenvalue weighted by atomic mass is 9.67. The van der Waals surface area contributed by atoms with Crippen molar-refractivity contribution in [2.75, 3.05) is 32.4 Å². The van der Waals surface area contributed by atoms with Crippen molar-refractivity contribution >= 4 is 30.6 Å². The summed E-state index contributed by atoms with van der Waals surface area (Å²) in [5, 5.41) is 23.5. The second-order valence-corrected chi connectivity index (χ2v) is 8.21. The number of likely N-dealkylation sites (tertiary alicyclic amines) is 2. The van der Waals surface area contributed by atoms with Gasteiger partial charge in [-0.3, -0.25) is 24.3 Å². The number of fused-ring (bicyclic) bond motifs is 1. The fraction of sp³-hybridized carbons (Fsp3) is 0.455. The minimum absolute atomic E-state index is 0.0106. The zero-order valence-electron chi connectivity index (χ0n) is 19.5. The largest absolute Gasteiger partial charge is 0.483 e. The molecule has 0 bridgehead atoms. The molecule has 2 amide bonds. The molecule has 2 aliphatic heterocycles. The van der Waals surface area contributed by atoms with Gasteiger partial charge >= 0.3 is 0 Å². The molecule has 6 N–H and O–H groups in total. The molecule has 2 aromatic heterocycles. The summed E-state index contributed by atoms with van der Waals surface area (Å²) in [6, 6.07) is 3.49. The number of pyridine rings is 1. The van der Waals surface area contributed by atoms with Crippen LogP contribution in [0, 0.1) is 5.41 Å². The lowest BCUT2D eigenvalue weighted by molar-refractivity contribution is -0.142. The fourth-order valence-corrected chi connectivity index (χ4v) is 4.63. The average molecular weight is 490 g/mol. The Morgan fingerprint density at radius 3 is 2.63 bits per heavy atom. The first-order chi connectivity index (χ1) is 16.8. The highest BCUT2D eigenvalue weighted by molar-refractivity contribution is 5.95. The molecule has 0 radical (unpaired) electrons. The van der Waals surface area contributed by atoms with E-state index in [1.54, 1.807) is 18.5 Å². The summed E-state index contributed by atoms with van der Waals surface area (Å²) in [5.74, 6) is 0.335. The molecule has 2 atom stereocenters. The van der Waals surface area contributed by atoms with Crippen LogP contribution >= 0.6 is 0 Å². The van der Waals surface area contributed by atoms with Crippen LogP contribution in [0.3, 0.4) is 0 Å². The number of nitrogens with two attached hydrogens (primary N) is 1. The summed E-state index contributed by atoms with van der Waals surface area (Å²) in [7, 11) is 2.03. The average Bonchev–Trinajstić information content (AvgIpc) is 3.39. The van der Waals surface area contributed by atoms with Crippen molar-refractivity contribution in [3.05, 3.63) is 41.9 Å². The Kier molecular flexibility index (Phi) is 10.1. The fourth-order valence-electron chi connectivity index (χ4n) is 4.63. The van der Waals surface area contributed by atoms with Crippen molar-refractivity contribution in [3.8, 4) is 0 Å². The van der Waals surface area contributed by atoms with Gasteiger partial charge in [-0.1, -0.05) is 6.07 Å².